The fourth-order valence-corrected chi connectivity index (χ4v) is 2.45. The first-order valence-electron chi connectivity index (χ1n) is 5.61. The molecule has 1 aliphatic rings. The van der Waals surface area contributed by atoms with E-state index in [1.807, 2.05) is 0 Å². The van der Waals surface area contributed by atoms with Crippen molar-refractivity contribution in [1.82, 2.24) is 4.90 Å². The number of benzene rings is 1. The number of imide groups is 1. The lowest BCUT2D eigenvalue weighted by molar-refractivity contribution is -0.123. The third-order valence-corrected chi connectivity index (χ3v) is 3.47. The first-order chi connectivity index (χ1) is 9.11. The highest BCUT2D eigenvalue weighted by Gasteiger charge is 2.34. The van der Waals surface area contributed by atoms with Crippen LogP contribution in [0.25, 0.3) is 6.08 Å². The van der Waals surface area contributed by atoms with Gasteiger partial charge in [0.15, 0.2) is 0 Å². The maximum Gasteiger partial charge on any atom is 0.293 e. The lowest BCUT2D eigenvalue weighted by Crippen LogP contribution is -2.31. The highest BCUT2D eigenvalue weighted by atomic mass is 32.2. The third kappa shape index (κ3) is 3.21. The highest BCUT2D eigenvalue weighted by molar-refractivity contribution is 8.18. The van der Waals surface area contributed by atoms with Crippen LogP contribution in [0.15, 0.2) is 29.2 Å². The van der Waals surface area contributed by atoms with E-state index in [9.17, 15) is 14.0 Å². The summed E-state index contributed by atoms with van der Waals surface area (Å²) >= 11 is 0.880. The zero-order valence-corrected chi connectivity index (χ0v) is 11.1. The fraction of sp³-hybridized carbons (Fsp3) is 0.231. The summed E-state index contributed by atoms with van der Waals surface area (Å²) in [7, 11) is 1.51. The van der Waals surface area contributed by atoms with Crippen molar-refractivity contribution in [2.75, 3.05) is 20.3 Å². The van der Waals surface area contributed by atoms with Gasteiger partial charge in [0.05, 0.1) is 18.1 Å². The number of halogens is 1. The number of thioether (sulfide) groups is 1. The van der Waals surface area contributed by atoms with E-state index in [-0.39, 0.29) is 23.5 Å². The Morgan fingerprint density at radius 3 is 2.63 bits per heavy atom. The Kier molecular flexibility index (Phi) is 4.34. The number of ether oxygens (including phenoxy) is 1. The number of amides is 2. The van der Waals surface area contributed by atoms with Crippen molar-refractivity contribution in [2.24, 2.45) is 0 Å². The van der Waals surface area contributed by atoms with Gasteiger partial charge in [-0.3, -0.25) is 14.5 Å². The second-order valence-corrected chi connectivity index (χ2v) is 4.87. The van der Waals surface area contributed by atoms with Crippen LogP contribution in [0.4, 0.5) is 9.18 Å². The summed E-state index contributed by atoms with van der Waals surface area (Å²) < 4.78 is 17.6. The molecule has 19 heavy (non-hydrogen) atoms. The van der Waals surface area contributed by atoms with Gasteiger partial charge in [0.2, 0.25) is 0 Å². The number of nitrogens with zero attached hydrogens (tertiary/aromatic N) is 1. The quantitative estimate of drug-likeness (QED) is 0.796. The molecule has 0 saturated carbocycles. The van der Waals surface area contributed by atoms with Gasteiger partial charge in [-0.2, -0.15) is 0 Å². The zero-order valence-electron chi connectivity index (χ0n) is 10.3. The minimum absolute atomic E-state index is 0.238. The standard InChI is InChI=1S/C13H12FNO3S/c1-18-7-6-15-12(16)11(19-13(15)17)8-9-2-4-10(14)5-3-9/h2-5,8H,6-7H2,1H3. The molecule has 6 heteroatoms. The van der Waals surface area contributed by atoms with Crippen LogP contribution in [0.3, 0.4) is 0 Å². The molecule has 1 aromatic carbocycles. The predicted octanol–water partition coefficient (Wildman–Crippen LogP) is 2.51. The Morgan fingerprint density at radius 1 is 1.32 bits per heavy atom. The molecule has 1 aromatic rings. The van der Waals surface area contributed by atoms with Crippen LogP contribution in [-0.2, 0) is 9.53 Å². The van der Waals surface area contributed by atoms with Crippen LogP contribution in [0.5, 0.6) is 0 Å². The molecule has 0 radical (unpaired) electrons. The third-order valence-electron chi connectivity index (χ3n) is 2.56. The van der Waals surface area contributed by atoms with Crippen molar-refractivity contribution in [3.63, 3.8) is 0 Å². The molecule has 1 heterocycles. The van der Waals surface area contributed by atoms with Crippen LogP contribution < -0.4 is 0 Å². The smallest absolute Gasteiger partial charge is 0.293 e. The van der Waals surface area contributed by atoms with Crippen LogP contribution >= 0.6 is 11.8 Å². The summed E-state index contributed by atoms with van der Waals surface area (Å²) in [5, 5.41) is -0.310. The summed E-state index contributed by atoms with van der Waals surface area (Å²) in [6.07, 6.45) is 1.58. The summed E-state index contributed by atoms with van der Waals surface area (Å²) in [5.41, 5.74) is 0.679. The first kappa shape index (κ1) is 13.8. The van der Waals surface area contributed by atoms with Gasteiger partial charge >= 0.3 is 0 Å². The molecule has 2 amide bonds. The molecule has 1 saturated heterocycles. The number of carbonyl (C=O) groups is 2. The van der Waals surface area contributed by atoms with E-state index in [2.05, 4.69) is 0 Å². The second kappa shape index (κ2) is 5.99. The van der Waals surface area contributed by atoms with Crippen molar-refractivity contribution in [2.45, 2.75) is 0 Å². The first-order valence-corrected chi connectivity index (χ1v) is 6.43. The Morgan fingerprint density at radius 2 is 2.00 bits per heavy atom. The van der Waals surface area contributed by atoms with Crippen LogP contribution in [-0.4, -0.2) is 36.3 Å². The predicted molar refractivity (Wildman–Crippen MR) is 71.0 cm³/mol. The molecular formula is C13H12FNO3S. The average Bonchev–Trinajstić information content (AvgIpc) is 2.65. The number of methoxy groups -OCH3 is 1. The van der Waals surface area contributed by atoms with Crippen molar-refractivity contribution in [3.05, 3.63) is 40.6 Å². The molecule has 100 valence electrons. The highest BCUT2D eigenvalue weighted by Crippen LogP contribution is 2.31. The van der Waals surface area contributed by atoms with E-state index in [0.717, 1.165) is 16.7 Å². The molecule has 0 spiro atoms. The molecular weight excluding hydrogens is 269 g/mol. The topological polar surface area (TPSA) is 46.6 Å². The molecule has 2 rings (SSSR count). The normalized spacial score (nSPS) is 17.6. The molecule has 1 aliphatic heterocycles. The van der Waals surface area contributed by atoms with E-state index < -0.39 is 0 Å². The van der Waals surface area contributed by atoms with Gasteiger partial charge in [0.1, 0.15) is 5.82 Å². The van der Waals surface area contributed by atoms with Gasteiger partial charge in [0, 0.05) is 7.11 Å². The summed E-state index contributed by atoms with van der Waals surface area (Å²) in [6, 6.07) is 5.72. The van der Waals surface area contributed by atoms with E-state index in [1.165, 1.54) is 19.2 Å². The zero-order chi connectivity index (χ0) is 13.8. The molecule has 0 unspecified atom stereocenters. The lowest BCUT2D eigenvalue weighted by atomic mass is 10.2. The molecule has 0 bridgehead atoms. The van der Waals surface area contributed by atoms with Crippen molar-refractivity contribution >= 4 is 29.0 Å². The van der Waals surface area contributed by atoms with E-state index in [4.69, 9.17) is 4.74 Å². The number of hydrogen-bond acceptors (Lipinski definition) is 4. The van der Waals surface area contributed by atoms with Gasteiger partial charge < -0.3 is 4.74 Å². The SMILES string of the molecule is COCCN1C(=O)SC(=Cc2ccc(F)cc2)C1=O. The Balaban J connectivity index is 2.16. The van der Waals surface area contributed by atoms with Crippen LogP contribution in [0.1, 0.15) is 5.56 Å². The summed E-state index contributed by atoms with van der Waals surface area (Å²) in [4.78, 5) is 25.1. The summed E-state index contributed by atoms with van der Waals surface area (Å²) in [5.74, 6) is -0.679. The Bertz CT molecular complexity index is 527. The van der Waals surface area contributed by atoms with E-state index in [0.29, 0.717) is 17.1 Å². The maximum absolute atomic E-state index is 12.8. The second-order valence-electron chi connectivity index (χ2n) is 3.88. The van der Waals surface area contributed by atoms with Gasteiger partial charge in [-0.1, -0.05) is 12.1 Å². The molecule has 1 fully saturated rings. The minimum Gasteiger partial charge on any atom is -0.383 e. The molecule has 0 aliphatic carbocycles. The summed E-state index contributed by atoms with van der Waals surface area (Å²) in [6.45, 7) is 0.545. The molecule has 4 nitrogen and oxygen atoms in total. The largest absolute Gasteiger partial charge is 0.383 e. The number of rotatable bonds is 4. The van der Waals surface area contributed by atoms with Crippen LogP contribution in [0, 0.1) is 5.82 Å². The van der Waals surface area contributed by atoms with Crippen molar-refractivity contribution in [3.8, 4) is 0 Å². The van der Waals surface area contributed by atoms with Crippen molar-refractivity contribution in [1.29, 1.82) is 0 Å². The van der Waals surface area contributed by atoms with Crippen molar-refractivity contribution < 1.29 is 18.7 Å². The maximum atomic E-state index is 12.8. The lowest BCUT2D eigenvalue weighted by Gasteiger charge is -2.10. The van der Waals surface area contributed by atoms with E-state index >= 15 is 0 Å². The van der Waals surface area contributed by atoms with Gasteiger partial charge in [0.25, 0.3) is 11.1 Å². The minimum atomic E-state index is -0.342. The van der Waals surface area contributed by atoms with Crippen LogP contribution in [0.2, 0.25) is 0 Å². The Hall–Kier alpha value is -1.66. The monoisotopic (exact) mass is 281 g/mol. The molecule has 0 aromatic heterocycles. The fourth-order valence-electron chi connectivity index (χ4n) is 1.59. The number of hydrogen-bond donors (Lipinski definition) is 0. The Labute approximate surface area is 114 Å². The number of carbonyl (C=O) groups excluding carboxylic acids is 2. The van der Waals surface area contributed by atoms with Gasteiger partial charge in [-0.25, -0.2) is 4.39 Å². The average molecular weight is 281 g/mol. The van der Waals surface area contributed by atoms with Gasteiger partial charge in [-0.15, -0.1) is 0 Å². The molecule has 0 atom stereocenters. The van der Waals surface area contributed by atoms with Gasteiger partial charge in [-0.05, 0) is 35.5 Å². The molecule has 0 N–H and O–H groups in total. The van der Waals surface area contributed by atoms with E-state index in [1.54, 1.807) is 18.2 Å².